The van der Waals surface area contributed by atoms with E-state index in [2.05, 4.69) is 32.4 Å². The van der Waals surface area contributed by atoms with Crippen LogP contribution < -0.4 is 10.6 Å². The predicted molar refractivity (Wildman–Crippen MR) is 111 cm³/mol. The fourth-order valence-corrected chi connectivity index (χ4v) is 3.91. The number of amides is 2. The van der Waals surface area contributed by atoms with Gasteiger partial charge in [-0.15, -0.1) is 0 Å². The van der Waals surface area contributed by atoms with Crippen LogP contribution in [-0.2, 0) is 14.4 Å². The average Bonchev–Trinajstić information content (AvgIpc) is 3.10. The van der Waals surface area contributed by atoms with Gasteiger partial charge < -0.3 is 20.6 Å². The molecule has 166 valence electrons. The van der Waals surface area contributed by atoms with Crippen molar-refractivity contribution in [1.82, 2.24) is 25.3 Å². The van der Waals surface area contributed by atoms with Crippen LogP contribution >= 0.6 is 0 Å². The van der Waals surface area contributed by atoms with Gasteiger partial charge in [0.2, 0.25) is 11.8 Å². The molecule has 0 spiro atoms. The largest absolute Gasteiger partial charge is 0.481 e. The number of nitrogens with one attached hydrogen (secondary N) is 2. The molecule has 0 radical (unpaired) electrons. The number of rotatable bonds is 12. The molecule has 2 rings (SSSR count). The number of aliphatic carboxylic acids is 1. The minimum Gasteiger partial charge on any atom is -0.481 e. The molecule has 0 saturated carbocycles. The number of likely N-dealkylation sites (tertiary alicyclic amines) is 1. The van der Waals surface area contributed by atoms with Crippen LogP contribution in [0.1, 0.15) is 38.5 Å². The lowest BCUT2D eigenvalue weighted by molar-refractivity contribution is -0.137. The van der Waals surface area contributed by atoms with E-state index in [-0.39, 0.29) is 18.2 Å². The first-order chi connectivity index (χ1) is 13.9. The van der Waals surface area contributed by atoms with E-state index in [4.69, 9.17) is 5.11 Å². The number of likely N-dealkylation sites (N-methyl/N-ethyl adjacent to an activating group) is 1. The summed E-state index contributed by atoms with van der Waals surface area (Å²) in [6.45, 7) is 7.74. The summed E-state index contributed by atoms with van der Waals surface area (Å²) in [7, 11) is 2.16. The first kappa shape index (κ1) is 23.6. The van der Waals surface area contributed by atoms with Crippen LogP contribution in [0.4, 0.5) is 0 Å². The van der Waals surface area contributed by atoms with Crippen LogP contribution in [-0.4, -0.2) is 110 Å². The number of carboxylic acids is 1. The minimum atomic E-state index is -0.856. The molecule has 3 N–H and O–H groups in total. The number of nitrogens with zero attached hydrogens (tertiary/aromatic N) is 3. The lowest BCUT2D eigenvalue weighted by atomic mass is 10.3. The molecule has 1 atom stereocenters. The van der Waals surface area contributed by atoms with Crippen LogP contribution in [0.25, 0.3) is 0 Å². The molecule has 9 nitrogen and oxygen atoms in total. The maximum Gasteiger partial charge on any atom is 0.303 e. The maximum absolute atomic E-state index is 12.3. The molecule has 2 amide bonds. The van der Waals surface area contributed by atoms with Gasteiger partial charge in [0, 0.05) is 64.7 Å². The second kappa shape index (κ2) is 12.8. The van der Waals surface area contributed by atoms with Gasteiger partial charge in [-0.25, -0.2) is 0 Å². The number of carboxylic acid groups (broad SMARTS) is 1. The molecule has 2 fully saturated rings. The van der Waals surface area contributed by atoms with Crippen molar-refractivity contribution < 1.29 is 19.5 Å². The Morgan fingerprint density at radius 1 is 0.931 bits per heavy atom. The van der Waals surface area contributed by atoms with Crippen molar-refractivity contribution in [3.8, 4) is 0 Å². The SMILES string of the molecule is CN1CCN([13CH2][13CH]2[13CH2][13CH2][13CH2]N2[13CH2]C(=O)[15NH]CCCC(=O)[15NH]C[13CH2][13CH2][13C](=O)O)CC1. The molecular weight excluding hydrogens is 385 g/mol. The topological polar surface area (TPSA) is 105 Å². The molecule has 0 aromatic heterocycles. The minimum absolute atomic E-state index is 0.0251. The third kappa shape index (κ3) is 9.56. The van der Waals surface area contributed by atoms with Gasteiger partial charge in [-0.1, -0.05) is 0 Å². The second-order valence-electron chi connectivity index (χ2n) is 8.17. The van der Waals surface area contributed by atoms with Crippen molar-refractivity contribution in [2.24, 2.45) is 0 Å². The Balaban J connectivity index is 1.55. The van der Waals surface area contributed by atoms with E-state index in [9.17, 15) is 14.4 Å². The first-order valence-electron chi connectivity index (χ1n) is 10.8. The molecule has 0 bridgehead atoms. The zero-order valence-electron chi connectivity index (χ0n) is 17.7. The fourth-order valence-electron chi connectivity index (χ4n) is 3.91. The molecule has 0 aromatic rings. The Morgan fingerprint density at radius 2 is 1.59 bits per heavy atom. The maximum atomic E-state index is 12.3. The Kier molecular flexibility index (Phi) is 10.4. The molecule has 29 heavy (non-hydrogen) atoms. The number of carbonyl (C=O) groups is 3. The summed E-state index contributed by atoms with van der Waals surface area (Å²) in [6.07, 6.45) is 3.71. The summed E-state index contributed by atoms with van der Waals surface area (Å²) in [4.78, 5) is 41.5. The van der Waals surface area contributed by atoms with E-state index in [0.29, 0.717) is 44.9 Å². The molecule has 2 aliphatic rings. The van der Waals surface area contributed by atoms with Crippen molar-refractivity contribution in [3.63, 3.8) is 0 Å². The van der Waals surface area contributed by atoms with Crippen molar-refractivity contribution in [2.45, 2.75) is 44.6 Å². The lowest BCUT2D eigenvalue weighted by Gasteiger charge is -2.36. The highest BCUT2D eigenvalue weighted by atomic mass is 16.5. The van der Waals surface area contributed by atoms with Gasteiger partial charge in [0.1, 0.15) is 0 Å². The van der Waals surface area contributed by atoms with Crippen molar-refractivity contribution in [1.29, 1.82) is 0 Å². The number of hydrogen-bond acceptors (Lipinski definition) is 6. The van der Waals surface area contributed by atoms with Gasteiger partial charge in [0.15, 0.2) is 0 Å². The van der Waals surface area contributed by atoms with Gasteiger partial charge in [0.25, 0.3) is 0 Å². The van der Waals surface area contributed by atoms with E-state index in [1.54, 1.807) is 0 Å². The van der Waals surface area contributed by atoms with Crippen LogP contribution in [0.15, 0.2) is 0 Å². The number of carbonyl (C=O) groups excluding carboxylic acids is 2. The van der Waals surface area contributed by atoms with Crippen LogP contribution in [0.2, 0.25) is 0 Å². The van der Waals surface area contributed by atoms with Crippen LogP contribution in [0, 0.1) is 0 Å². The lowest BCUT2D eigenvalue weighted by Crippen LogP contribution is -2.50. The summed E-state index contributed by atoms with van der Waals surface area (Å²) in [5.74, 6) is -0.931. The van der Waals surface area contributed by atoms with E-state index in [0.717, 1.165) is 52.1 Å². The number of piperazine rings is 1. The third-order valence-electron chi connectivity index (χ3n) is 5.70. The zero-order valence-corrected chi connectivity index (χ0v) is 17.7. The molecule has 9 heteroatoms. The van der Waals surface area contributed by atoms with E-state index in [1.165, 1.54) is 0 Å². The number of hydrogen-bond donors (Lipinski definition) is 3. The van der Waals surface area contributed by atoms with Crippen molar-refractivity contribution in [3.05, 3.63) is 0 Å². The molecule has 0 aliphatic carbocycles. The van der Waals surface area contributed by atoms with E-state index in [1.807, 2.05) is 0 Å². The highest BCUT2D eigenvalue weighted by Crippen LogP contribution is 2.18. The highest BCUT2D eigenvalue weighted by molar-refractivity contribution is 5.78. The molecule has 2 saturated heterocycles. The smallest absolute Gasteiger partial charge is 0.303 e. The summed E-state index contributed by atoms with van der Waals surface area (Å²) >= 11 is 0. The molecule has 2 aliphatic heterocycles. The summed E-state index contributed by atoms with van der Waals surface area (Å²) in [5.41, 5.74) is 0. The van der Waals surface area contributed by atoms with E-state index >= 15 is 0 Å². The first-order valence-corrected chi connectivity index (χ1v) is 10.8. The van der Waals surface area contributed by atoms with Gasteiger partial charge in [-0.05, 0) is 39.3 Å². The van der Waals surface area contributed by atoms with Gasteiger partial charge in [-0.2, -0.15) is 0 Å². The fraction of sp³-hybridized carbons (Fsp3) is 0.850. The van der Waals surface area contributed by atoms with Gasteiger partial charge >= 0.3 is 5.97 Å². The van der Waals surface area contributed by atoms with Crippen molar-refractivity contribution >= 4 is 17.8 Å². The summed E-state index contributed by atoms with van der Waals surface area (Å²) in [5, 5.41) is 14.2. The quantitative estimate of drug-likeness (QED) is 0.223. The monoisotopic (exact) mass is 422 g/mol. The van der Waals surface area contributed by atoms with E-state index < -0.39 is 5.97 Å². The normalized spacial score (nSPS) is 21.2. The Hall–Kier alpha value is -1.71. The Bertz CT molecular complexity index is 537. The third-order valence-corrected chi connectivity index (χ3v) is 5.70. The van der Waals surface area contributed by atoms with Crippen molar-refractivity contribution in [2.75, 3.05) is 66.0 Å². The summed E-state index contributed by atoms with van der Waals surface area (Å²) < 4.78 is 0. The second-order valence-corrected chi connectivity index (χ2v) is 8.17. The van der Waals surface area contributed by atoms with Crippen LogP contribution in [0.5, 0.6) is 0 Å². The standard InChI is InChI=1S/C20H37N5O4/c1-23-11-13-24(14-12-23)15-17-5-4-10-25(17)16-19(27)22-8-2-6-18(26)21-9-3-7-20(28)29/h17H,2-16H2,1H3,(H,21,26)(H,22,27)(H,28,29)/i3+1,4+1,5+1,7+1,10+1,15+1,16+1,17+1,20+1,21+1,22+1. The summed E-state index contributed by atoms with van der Waals surface area (Å²) in [6, 6.07) is 0.459. The Labute approximate surface area is 173 Å². The van der Waals surface area contributed by atoms with Gasteiger partial charge in [-0.3, -0.25) is 24.2 Å². The molecule has 1 unspecified atom stereocenters. The highest BCUT2D eigenvalue weighted by Gasteiger charge is 2.28. The Morgan fingerprint density at radius 3 is 2.28 bits per heavy atom. The predicted octanol–water partition coefficient (Wildman–Crippen LogP) is -0.424. The van der Waals surface area contributed by atoms with Gasteiger partial charge in [0.05, 0.1) is 6.54 Å². The molecular formula is C20H37N5O4. The van der Waals surface area contributed by atoms with Crippen LogP contribution in [0.3, 0.4) is 0 Å². The average molecular weight is 422 g/mol. The molecule has 2 heterocycles. The zero-order chi connectivity index (χ0) is 21.1. The molecule has 0 aromatic carbocycles.